The minimum absolute atomic E-state index is 0.156. The van der Waals surface area contributed by atoms with E-state index in [2.05, 4.69) is 4.98 Å². The van der Waals surface area contributed by atoms with Gasteiger partial charge in [0.15, 0.2) is 0 Å². The van der Waals surface area contributed by atoms with E-state index in [-0.39, 0.29) is 11.4 Å². The maximum absolute atomic E-state index is 12.9. The molecule has 7 heteroatoms. The Morgan fingerprint density at radius 3 is 2.50 bits per heavy atom. The number of pyridine rings is 1. The molecule has 1 heterocycles. The largest absolute Gasteiger partial charge is 0.438 e. The molecule has 1 aromatic heterocycles. The highest BCUT2D eigenvalue weighted by molar-refractivity contribution is 5.44. The van der Waals surface area contributed by atoms with Gasteiger partial charge in [0, 0.05) is 6.07 Å². The summed E-state index contributed by atoms with van der Waals surface area (Å²) in [5, 5.41) is 8.62. The molecule has 0 aliphatic rings. The first-order chi connectivity index (χ1) is 9.40. The van der Waals surface area contributed by atoms with Gasteiger partial charge in [-0.3, -0.25) is 0 Å². The highest BCUT2D eigenvalue weighted by Gasteiger charge is 2.35. The Morgan fingerprint density at radius 2 is 1.90 bits per heavy atom. The zero-order valence-corrected chi connectivity index (χ0v) is 9.78. The smallest absolute Gasteiger partial charge is 0.420 e. The third-order valence-corrected chi connectivity index (χ3v) is 2.32. The summed E-state index contributed by atoms with van der Waals surface area (Å²) in [4.78, 5) is 3.31. The normalized spacial score (nSPS) is 10.9. The highest BCUT2D eigenvalue weighted by atomic mass is 19.4. The van der Waals surface area contributed by atoms with Gasteiger partial charge in [0.2, 0.25) is 11.8 Å². The van der Waals surface area contributed by atoms with E-state index < -0.39 is 23.4 Å². The van der Waals surface area contributed by atoms with Crippen molar-refractivity contribution >= 4 is 0 Å². The number of nitriles is 1. The lowest BCUT2D eigenvalue weighted by Crippen LogP contribution is -2.08. The van der Waals surface area contributed by atoms with E-state index in [9.17, 15) is 17.6 Å². The Bertz CT molecular complexity index is 677. The van der Waals surface area contributed by atoms with Gasteiger partial charge in [-0.2, -0.15) is 27.8 Å². The molecule has 0 atom stereocenters. The fraction of sp³-hybridized carbons (Fsp3) is 0.0769. The molecule has 0 bridgehead atoms. The molecule has 0 aliphatic heterocycles. The van der Waals surface area contributed by atoms with Crippen LogP contribution in [0, 0.1) is 17.3 Å². The average Bonchev–Trinajstić information content (AvgIpc) is 2.38. The van der Waals surface area contributed by atoms with Gasteiger partial charge in [0.25, 0.3) is 0 Å². The molecule has 0 saturated carbocycles. The van der Waals surface area contributed by atoms with E-state index in [0.29, 0.717) is 6.07 Å². The molecular weight excluding hydrogens is 276 g/mol. The van der Waals surface area contributed by atoms with Crippen molar-refractivity contribution in [1.29, 1.82) is 5.26 Å². The second-order valence-electron chi connectivity index (χ2n) is 3.72. The first-order valence-corrected chi connectivity index (χ1v) is 5.32. The fourth-order valence-electron chi connectivity index (χ4n) is 1.47. The van der Waals surface area contributed by atoms with Gasteiger partial charge in [0.1, 0.15) is 5.75 Å². The van der Waals surface area contributed by atoms with Gasteiger partial charge < -0.3 is 4.74 Å². The van der Waals surface area contributed by atoms with Crippen LogP contribution in [0.25, 0.3) is 0 Å². The standard InChI is InChI=1S/C13H6F4N2O/c14-11-2-1-3-12(19-11)20-10-5-4-8(7-18)6-9(10)13(15,16)17/h1-6H. The lowest BCUT2D eigenvalue weighted by molar-refractivity contribution is -0.138. The number of ether oxygens (including phenoxy) is 1. The summed E-state index contributed by atoms with van der Waals surface area (Å²) in [5.74, 6) is -1.72. The zero-order valence-electron chi connectivity index (χ0n) is 9.78. The van der Waals surface area contributed by atoms with Crippen molar-refractivity contribution in [1.82, 2.24) is 4.98 Å². The van der Waals surface area contributed by atoms with Crippen LogP contribution in [0.3, 0.4) is 0 Å². The summed E-state index contributed by atoms with van der Waals surface area (Å²) in [7, 11) is 0. The summed E-state index contributed by atoms with van der Waals surface area (Å²) >= 11 is 0. The second-order valence-corrected chi connectivity index (χ2v) is 3.72. The molecule has 20 heavy (non-hydrogen) atoms. The maximum Gasteiger partial charge on any atom is 0.420 e. The van der Waals surface area contributed by atoms with E-state index in [0.717, 1.165) is 12.1 Å². The summed E-state index contributed by atoms with van der Waals surface area (Å²) in [6.45, 7) is 0. The number of aromatic nitrogens is 1. The van der Waals surface area contributed by atoms with Crippen molar-refractivity contribution < 1.29 is 22.3 Å². The Kier molecular flexibility index (Phi) is 3.57. The summed E-state index contributed by atoms with van der Waals surface area (Å²) in [5.41, 5.74) is -1.28. The predicted octanol–water partition coefficient (Wildman–Crippen LogP) is 3.90. The van der Waals surface area contributed by atoms with Crippen LogP contribution < -0.4 is 4.74 Å². The zero-order chi connectivity index (χ0) is 14.8. The quantitative estimate of drug-likeness (QED) is 0.619. The molecule has 0 radical (unpaired) electrons. The number of nitrogens with zero attached hydrogens (tertiary/aromatic N) is 2. The number of hydrogen-bond acceptors (Lipinski definition) is 3. The first kappa shape index (κ1) is 13.8. The van der Waals surface area contributed by atoms with Gasteiger partial charge in [0.05, 0.1) is 17.2 Å². The van der Waals surface area contributed by atoms with Crippen molar-refractivity contribution in [3.05, 3.63) is 53.5 Å². The van der Waals surface area contributed by atoms with Crippen LogP contribution in [0.1, 0.15) is 11.1 Å². The van der Waals surface area contributed by atoms with E-state index >= 15 is 0 Å². The van der Waals surface area contributed by atoms with Gasteiger partial charge in [-0.05, 0) is 24.3 Å². The Morgan fingerprint density at radius 1 is 1.15 bits per heavy atom. The van der Waals surface area contributed by atoms with E-state index in [1.165, 1.54) is 18.2 Å². The fourth-order valence-corrected chi connectivity index (χ4v) is 1.47. The molecule has 0 unspecified atom stereocenters. The lowest BCUT2D eigenvalue weighted by Gasteiger charge is -2.13. The summed E-state index contributed by atoms with van der Waals surface area (Å²) < 4.78 is 56.4. The van der Waals surface area contributed by atoms with Crippen molar-refractivity contribution in [2.24, 2.45) is 0 Å². The van der Waals surface area contributed by atoms with Crippen LogP contribution in [0.2, 0.25) is 0 Å². The van der Waals surface area contributed by atoms with E-state index in [1.54, 1.807) is 6.07 Å². The van der Waals surface area contributed by atoms with Crippen molar-refractivity contribution in [3.63, 3.8) is 0 Å². The number of alkyl halides is 3. The first-order valence-electron chi connectivity index (χ1n) is 5.32. The third kappa shape index (κ3) is 3.03. The summed E-state index contributed by atoms with van der Waals surface area (Å²) in [6, 6.07) is 7.95. The number of halogens is 4. The van der Waals surface area contributed by atoms with Gasteiger partial charge in [-0.1, -0.05) is 6.07 Å². The molecule has 1 aromatic carbocycles. The van der Waals surface area contributed by atoms with E-state index in [1.807, 2.05) is 0 Å². The molecule has 0 amide bonds. The number of rotatable bonds is 2. The van der Waals surface area contributed by atoms with Gasteiger partial charge in [-0.25, -0.2) is 0 Å². The van der Waals surface area contributed by atoms with Gasteiger partial charge in [-0.15, -0.1) is 0 Å². The molecule has 0 spiro atoms. The van der Waals surface area contributed by atoms with Crippen LogP contribution in [-0.2, 0) is 6.18 Å². The Hall–Kier alpha value is -2.62. The number of hydrogen-bond donors (Lipinski definition) is 0. The Balaban J connectivity index is 2.44. The molecular formula is C13H6F4N2O. The molecule has 2 aromatic rings. The molecule has 0 saturated heterocycles. The third-order valence-electron chi connectivity index (χ3n) is 2.32. The summed E-state index contributed by atoms with van der Waals surface area (Å²) in [6.07, 6.45) is -4.70. The minimum Gasteiger partial charge on any atom is -0.438 e. The van der Waals surface area contributed by atoms with Crippen LogP contribution in [0.4, 0.5) is 17.6 Å². The van der Waals surface area contributed by atoms with Crippen LogP contribution in [-0.4, -0.2) is 4.98 Å². The van der Waals surface area contributed by atoms with Crippen molar-refractivity contribution in [2.75, 3.05) is 0 Å². The lowest BCUT2D eigenvalue weighted by atomic mass is 10.1. The molecule has 0 fully saturated rings. The van der Waals surface area contributed by atoms with Crippen LogP contribution in [0.15, 0.2) is 36.4 Å². The molecule has 3 nitrogen and oxygen atoms in total. The average molecular weight is 282 g/mol. The van der Waals surface area contributed by atoms with Crippen LogP contribution in [0.5, 0.6) is 11.6 Å². The van der Waals surface area contributed by atoms with Crippen molar-refractivity contribution in [3.8, 4) is 17.7 Å². The van der Waals surface area contributed by atoms with Gasteiger partial charge >= 0.3 is 6.18 Å². The number of benzene rings is 1. The minimum atomic E-state index is -4.70. The molecule has 2 rings (SSSR count). The monoisotopic (exact) mass is 282 g/mol. The van der Waals surface area contributed by atoms with Crippen LogP contribution >= 0.6 is 0 Å². The predicted molar refractivity (Wildman–Crippen MR) is 60.4 cm³/mol. The molecule has 0 N–H and O–H groups in total. The maximum atomic E-state index is 12.9. The SMILES string of the molecule is N#Cc1ccc(Oc2cccc(F)n2)c(C(F)(F)F)c1. The second kappa shape index (κ2) is 5.17. The topological polar surface area (TPSA) is 45.9 Å². The highest BCUT2D eigenvalue weighted by Crippen LogP contribution is 2.38. The van der Waals surface area contributed by atoms with E-state index in [4.69, 9.17) is 10.00 Å². The van der Waals surface area contributed by atoms with Crippen molar-refractivity contribution in [2.45, 2.75) is 6.18 Å². The molecule has 102 valence electrons. The molecule has 0 aliphatic carbocycles. The Labute approximate surface area is 111 Å².